The molecule has 1 aromatic rings. The van der Waals surface area contributed by atoms with Gasteiger partial charge in [0.1, 0.15) is 0 Å². The number of halogens is 1. The number of aromatic nitrogens is 2. The van der Waals surface area contributed by atoms with Gasteiger partial charge in [0.15, 0.2) is 5.96 Å². The number of hydrogen-bond acceptors (Lipinski definition) is 3. The second-order valence-corrected chi connectivity index (χ2v) is 6.45. The van der Waals surface area contributed by atoms with Gasteiger partial charge >= 0.3 is 0 Å². The first kappa shape index (κ1) is 21.2. The van der Waals surface area contributed by atoms with Crippen LogP contribution in [0.3, 0.4) is 0 Å². The van der Waals surface area contributed by atoms with Crippen LogP contribution < -0.4 is 10.6 Å². The monoisotopic (exact) mass is 448 g/mol. The highest BCUT2D eigenvalue weighted by Crippen LogP contribution is 2.18. The predicted molar refractivity (Wildman–Crippen MR) is 111 cm³/mol. The molecule has 2 rings (SSSR count). The minimum absolute atomic E-state index is 0. The summed E-state index contributed by atoms with van der Waals surface area (Å²) < 4.78 is 1.87. The summed E-state index contributed by atoms with van der Waals surface area (Å²) in [7, 11) is 1.95. The molecule has 1 saturated heterocycles. The molecular formula is C17H33IN6. The number of piperidine rings is 1. The summed E-state index contributed by atoms with van der Waals surface area (Å²) >= 11 is 0. The van der Waals surface area contributed by atoms with Gasteiger partial charge < -0.3 is 10.6 Å². The van der Waals surface area contributed by atoms with E-state index in [0.29, 0.717) is 18.6 Å². The van der Waals surface area contributed by atoms with E-state index >= 15 is 0 Å². The average molecular weight is 448 g/mol. The Balaban J connectivity index is 0.00000288. The molecule has 24 heavy (non-hydrogen) atoms. The van der Waals surface area contributed by atoms with Crippen LogP contribution in [0, 0.1) is 0 Å². The number of nitrogens with one attached hydrogen (secondary N) is 2. The molecule has 2 atom stereocenters. The van der Waals surface area contributed by atoms with Crippen molar-refractivity contribution in [1.29, 1.82) is 0 Å². The fourth-order valence-electron chi connectivity index (χ4n) is 3.20. The van der Waals surface area contributed by atoms with Gasteiger partial charge in [-0.25, -0.2) is 4.99 Å². The Morgan fingerprint density at radius 1 is 1.42 bits per heavy atom. The van der Waals surface area contributed by atoms with Crippen molar-refractivity contribution >= 4 is 29.9 Å². The van der Waals surface area contributed by atoms with Crippen molar-refractivity contribution in [2.24, 2.45) is 12.0 Å². The lowest BCUT2D eigenvalue weighted by Gasteiger charge is -2.38. The molecule has 1 aromatic heterocycles. The first-order valence-electron chi connectivity index (χ1n) is 8.86. The van der Waals surface area contributed by atoms with Crippen molar-refractivity contribution in [3.63, 3.8) is 0 Å². The minimum Gasteiger partial charge on any atom is -0.357 e. The molecule has 0 aromatic carbocycles. The number of nitrogens with zero attached hydrogens (tertiary/aromatic N) is 4. The zero-order chi connectivity index (χ0) is 16.7. The summed E-state index contributed by atoms with van der Waals surface area (Å²) in [6.07, 6.45) is 5.82. The van der Waals surface area contributed by atoms with Gasteiger partial charge in [0.05, 0.1) is 12.2 Å². The van der Waals surface area contributed by atoms with E-state index in [1.54, 1.807) is 0 Å². The summed E-state index contributed by atoms with van der Waals surface area (Å²) in [5, 5.41) is 11.0. The normalized spacial score (nSPS) is 20.3. The lowest BCUT2D eigenvalue weighted by molar-refractivity contribution is 0.115. The Morgan fingerprint density at radius 3 is 2.83 bits per heavy atom. The summed E-state index contributed by atoms with van der Waals surface area (Å²) in [5.74, 6) is 0.880. The Morgan fingerprint density at radius 2 is 2.21 bits per heavy atom. The van der Waals surface area contributed by atoms with E-state index in [0.717, 1.165) is 24.7 Å². The van der Waals surface area contributed by atoms with E-state index in [1.165, 1.54) is 25.8 Å². The number of rotatable bonds is 6. The van der Waals surface area contributed by atoms with E-state index in [2.05, 4.69) is 46.4 Å². The summed E-state index contributed by atoms with van der Waals surface area (Å²) in [4.78, 5) is 7.28. The van der Waals surface area contributed by atoms with Gasteiger partial charge in [0.2, 0.25) is 0 Å². The fourth-order valence-corrected chi connectivity index (χ4v) is 3.20. The van der Waals surface area contributed by atoms with Crippen molar-refractivity contribution in [3.8, 4) is 0 Å². The molecule has 1 aliphatic heterocycles. The van der Waals surface area contributed by atoms with Crippen LogP contribution in [-0.4, -0.2) is 52.4 Å². The maximum Gasteiger partial charge on any atom is 0.191 e. The Labute approximate surface area is 163 Å². The average Bonchev–Trinajstić information content (AvgIpc) is 2.95. The number of aliphatic imine (C=N–C) groups is 1. The Kier molecular flexibility index (Phi) is 9.65. The molecule has 7 heteroatoms. The molecule has 0 aliphatic carbocycles. The largest absolute Gasteiger partial charge is 0.357 e. The van der Waals surface area contributed by atoms with Gasteiger partial charge in [0.25, 0.3) is 0 Å². The second-order valence-electron chi connectivity index (χ2n) is 6.45. The Bertz CT molecular complexity index is 501. The van der Waals surface area contributed by atoms with E-state index < -0.39 is 0 Å². The molecule has 0 spiro atoms. The van der Waals surface area contributed by atoms with Crippen LogP contribution in [0.25, 0.3) is 0 Å². The summed E-state index contributed by atoms with van der Waals surface area (Å²) in [6, 6.07) is 3.21. The first-order chi connectivity index (χ1) is 11.1. The second kappa shape index (κ2) is 10.9. The number of guanidine groups is 1. The highest BCUT2D eigenvalue weighted by atomic mass is 127. The van der Waals surface area contributed by atoms with Gasteiger partial charge in [-0.3, -0.25) is 9.58 Å². The predicted octanol–water partition coefficient (Wildman–Crippen LogP) is 2.36. The SMILES string of the molecule is CCNC(=NCc1ccnn1C)NCC(C)N1CCCCC1C.I. The third-order valence-electron chi connectivity index (χ3n) is 4.65. The number of aryl methyl sites for hydroxylation is 1. The summed E-state index contributed by atoms with van der Waals surface area (Å²) in [6.45, 7) is 10.4. The highest BCUT2D eigenvalue weighted by Gasteiger charge is 2.22. The molecule has 0 amide bonds. The van der Waals surface area contributed by atoms with Crippen LogP contribution in [0.1, 0.15) is 45.7 Å². The first-order valence-corrected chi connectivity index (χ1v) is 8.86. The maximum absolute atomic E-state index is 4.67. The molecule has 0 saturated carbocycles. The van der Waals surface area contributed by atoms with Crippen molar-refractivity contribution in [1.82, 2.24) is 25.3 Å². The van der Waals surface area contributed by atoms with Crippen LogP contribution >= 0.6 is 24.0 Å². The smallest absolute Gasteiger partial charge is 0.191 e. The third-order valence-corrected chi connectivity index (χ3v) is 4.65. The van der Waals surface area contributed by atoms with E-state index in [-0.39, 0.29) is 24.0 Å². The van der Waals surface area contributed by atoms with Gasteiger partial charge in [-0.2, -0.15) is 5.10 Å². The lowest BCUT2D eigenvalue weighted by Crippen LogP contribution is -2.50. The third kappa shape index (κ3) is 6.23. The van der Waals surface area contributed by atoms with Gasteiger partial charge in [0, 0.05) is 38.4 Å². The van der Waals surface area contributed by atoms with Gasteiger partial charge in [-0.15, -0.1) is 24.0 Å². The van der Waals surface area contributed by atoms with E-state index in [1.807, 2.05) is 24.0 Å². The molecular weight excluding hydrogens is 415 g/mol. The van der Waals surface area contributed by atoms with E-state index in [4.69, 9.17) is 0 Å². The van der Waals surface area contributed by atoms with Crippen molar-refractivity contribution in [3.05, 3.63) is 18.0 Å². The molecule has 2 heterocycles. The maximum atomic E-state index is 4.67. The van der Waals surface area contributed by atoms with Crippen molar-refractivity contribution < 1.29 is 0 Å². The minimum atomic E-state index is 0. The van der Waals surface area contributed by atoms with E-state index in [9.17, 15) is 0 Å². The molecule has 2 unspecified atom stereocenters. The topological polar surface area (TPSA) is 57.5 Å². The summed E-state index contributed by atoms with van der Waals surface area (Å²) in [5.41, 5.74) is 1.11. The molecule has 1 aliphatic rings. The van der Waals surface area contributed by atoms with Crippen molar-refractivity contribution in [2.75, 3.05) is 19.6 Å². The molecule has 0 radical (unpaired) electrons. The van der Waals surface area contributed by atoms with Gasteiger partial charge in [-0.05, 0) is 46.2 Å². The lowest BCUT2D eigenvalue weighted by atomic mass is 10.0. The molecule has 1 fully saturated rings. The standard InChI is InChI=1S/C17H32N6.HI/c1-5-18-17(20-13-16-9-10-21-22(16)4)19-12-15(3)23-11-7-6-8-14(23)2;/h9-10,14-15H,5-8,11-13H2,1-4H3,(H2,18,19,20);1H. The zero-order valence-electron chi connectivity index (χ0n) is 15.5. The Hall–Kier alpha value is -0.830. The number of hydrogen-bond donors (Lipinski definition) is 2. The van der Waals surface area contributed by atoms with Crippen molar-refractivity contribution in [2.45, 2.75) is 58.7 Å². The van der Waals surface area contributed by atoms with Crippen LogP contribution in [0.5, 0.6) is 0 Å². The highest BCUT2D eigenvalue weighted by molar-refractivity contribution is 14.0. The molecule has 0 bridgehead atoms. The van der Waals surface area contributed by atoms with Crippen LogP contribution in [0.4, 0.5) is 0 Å². The molecule has 6 nitrogen and oxygen atoms in total. The number of likely N-dealkylation sites (tertiary alicyclic amines) is 1. The van der Waals surface area contributed by atoms with Crippen LogP contribution in [-0.2, 0) is 13.6 Å². The fraction of sp³-hybridized carbons (Fsp3) is 0.765. The van der Waals surface area contributed by atoms with Crippen LogP contribution in [0.15, 0.2) is 17.3 Å². The molecule has 2 N–H and O–H groups in total. The molecule has 138 valence electrons. The quantitative estimate of drug-likeness (QED) is 0.399. The van der Waals surface area contributed by atoms with Crippen LogP contribution in [0.2, 0.25) is 0 Å². The van der Waals surface area contributed by atoms with Gasteiger partial charge in [-0.1, -0.05) is 6.42 Å². The zero-order valence-corrected chi connectivity index (χ0v) is 17.8.